The summed E-state index contributed by atoms with van der Waals surface area (Å²) < 4.78 is 0. The Morgan fingerprint density at radius 1 is 1.13 bits per heavy atom. The van der Waals surface area contributed by atoms with Gasteiger partial charge in [0, 0.05) is 57.4 Å². The molecule has 3 aromatic rings. The molecule has 2 N–H and O–H groups in total. The van der Waals surface area contributed by atoms with E-state index in [1.54, 1.807) is 18.3 Å². The quantitative estimate of drug-likeness (QED) is 0.420. The molecule has 5 rings (SSSR count). The number of amides is 2. The number of piperidine rings is 1. The number of imide groups is 1. The first-order valence-corrected chi connectivity index (χ1v) is 13.5. The third kappa shape index (κ3) is 6.38. The van der Waals surface area contributed by atoms with Gasteiger partial charge in [-0.25, -0.2) is 9.97 Å². The van der Waals surface area contributed by atoms with Crippen LogP contribution < -0.4 is 20.4 Å². The van der Waals surface area contributed by atoms with Gasteiger partial charge in [0.2, 0.25) is 5.95 Å². The first-order valence-electron chi connectivity index (χ1n) is 12.7. The van der Waals surface area contributed by atoms with Crippen LogP contribution in [-0.4, -0.2) is 59.8 Å². The van der Waals surface area contributed by atoms with Crippen molar-refractivity contribution in [3.05, 3.63) is 71.0 Å². The van der Waals surface area contributed by atoms with Gasteiger partial charge in [-0.3, -0.25) is 19.9 Å². The highest BCUT2D eigenvalue weighted by molar-refractivity contribution is 8.18. The number of nitrogens with one attached hydrogen (secondary N) is 2. The van der Waals surface area contributed by atoms with Crippen molar-refractivity contribution < 1.29 is 9.59 Å². The highest BCUT2D eigenvalue weighted by Crippen LogP contribution is 2.26. The molecule has 0 bridgehead atoms. The molecule has 9 nitrogen and oxygen atoms in total. The van der Waals surface area contributed by atoms with Crippen LogP contribution in [0.4, 0.5) is 16.4 Å². The van der Waals surface area contributed by atoms with Crippen molar-refractivity contribution in [1.29, 1.82) is 0 Å². The zero-order valence-corrected chi connectivity index (χ0v) is 22.4. The third-order valence-electron chi connectivity index (χ3n) is 6.73. The fourth-order valence-electron chi connectivity index (χ4n) is 4.55. The molecule has 0 unspecified atom stereocenters. The second-order valence-electron chi connectivity index (χ2n) is 9.69. The molecule has 2 fully saturated rings. The molecule has 0 radical (unpaired) electrons. The maximum atomic E-state index is 11.8. The van der Waals surface area contributed by atoms with Gasteiger partial charge < -0.3 is 15.1 Å². The minimum absolute atomic E-state index is 0.354. The number of benzene rings is 1. The number of rotatable bonds is 8. The van der Waals surface area contributed by atoms with Crippen LogP contribution in [0.25, 0.3) is 17.3 Å². The van der Waals surface area contributed by atoms with Crippen LogP contribution in [0.1, 0.15) is 24.1 Å². The number of nitrogens with zero attached hydrogens (tertiary/aromatic N) is 5. The van der Waals surface area contributed by atoms with Crippen LogP contribution in [0.3, 0.4) is 0 Å². The molecule has 2 aliphatic heterocycles. The van der Waals surface area contributed by atoms with E-state index >= 15 is 0 Å². The van der Waals surface area contributed by atoms with Gasteiger partial charge in [-0.2, -0.15) is 0 Å². The molecule has 0 atom stereocenters. The van der Waals surface area contributed by atoms with E-state index in [0.29, 0.717) is 22.5 Å². The van der Waals surface area contributed by atoms with Crippen molar-refractivity contribution in [1.82, 2.24) is 25.6 Å². The lowest BCUT2D eigenvalue weighted by molar-refractivity contribution is -0.115. The molecule has 1 aromatic carbocycles. The monoisotopic (exact) mass is 529 g/mol. The van der Waals surface area contributed by atoms with E-state index < -0.39 is 0 Å². The Kier molecular flexibility index (Phi) is 8.00. The standard InChI is InChI=1S/C28H31N7O2S/c1-34(2)23-5-3-4-21(14-23)24-7-6-20(18-31-24)17-29-16-19-9-12-35(13-10-19)27-30-11-8-22(32-27)15-25-26(36)33-28(37)38-25/h3-8,11,14-15,18-19,29H,9-10,12-13,16-17H2,1-2H3,(H,33,36,37). The third-order valence-corrected chi connectivity index (χ3v) is 7.54. The molecule has 38 heavy (non-hydrogen) atoms. The van der Waals surface area contributed by atoms with E-state index in [9.17, 15) is 9.59 Å². The smallest absolute Gasteiger partial charge is 0.290 e. The molecule has 10 heteroatoms. The van der Waals surface area contributed by atoms with Crippen molar-refractivity contribution in [2.75, 3.05) is 43.5 Å². The Hall–Kier alpha value is -3.76. The normalized spacial score (nSPS) is 17.2. The summed E-state index contributed by atoms with van der Waals surface area (Å²) in [6.45, 7) is 3.50. The Morgan fingerprint density at radius 2 is 1.97 bits per heavy atom. The lowest BCUT2D eigenvalue weighted by atomic mass is 9.97. The van der Waals surface area contributed by atoms with Crippen LogP contribution in [-0.2, 0) is 11.3 Å². The summed E-state index contributed by atoms with van der Waals surface area (Å²) >= 11 is 0.892. The summed E-state index contributed by atoms with van der Waals surface area (Å²) in [5.41, 5.74) is 5.05. The summed E-state index contributed by atoms with van der Waals surface area (Å²) in [6.07, 6.45) is 7.38. The summed E-state index contributed by atoms with van der Waals surface area (Å²) in [6, 6.07) is 14.4. The minimum atomic E-state index is -0.380. The molecule has 2 amide bonds. The number of carbonyl (C=O) groups is 2. The van der Waals surface area contributed by atoms with E-state index in [4.69, 9.17) is 0 Å². The average molecular weight is 530 g/mol. The van der Waals surface area contributed by atoms with Gasteiger partial charge in [-0.1, -0.05) is 18.2 Å². The van der Waals surface area contributed by atoms with Gasteiger partial charge in [0.1, 0.15) is 0 Å². The number of anilines is 2. The van der Waals surface area contributed by atoms with Gasteiger partial charge >= 0.3 is 0 Å². The van der Waals surface area contributed by atoms with Crippen LogP contribution in [0.2, 0.25) is 0 Å². The summed E-state index contributed by atoms with van der Waals surface area (Å²) in [4.78, 5) is 41.5. The first kappa shape index (κ1) is 25.9. The largest absolute Gasteiger partial charge is 0.378 e. The van der Waals surface area contributed by atoms with E-state index in [0.717, 1.165) is 67.7 Å². The molecule has 0 spiro atoms. The van der Waals surface area contributed by atoms with Crippen LogP contribution in [0.5, 0.6) is 0 Å². The van der Waals surface area contributed by atoms with Gasteiger partial charge in [-0.05, 0) is 73.0 Å². The van der Waals surface area contributed by atoms with Crippen molar-refractivity contribution in [2.24, 2.45) is 5.92 Å². The van der Waals surface area contributed by atoms with Crippen LogP contribution in [0, 0.1) is 5.92 Å². The molecular weight excluding hydrogens is 498 g/mol. The summed E-state index contributed by atoms with van der Waals surface area (Å²) in [5.74, 6) is 0.861. The van der Waals surface area contributed by atoms with Gasteiger partial charge in [-0.15, -0.1) is 0 Å². The number of hydrogen-bond acceptors (Lipinski definition) is 9. The van der Waals surface area contributed by atoms with Crippen LogP contribution in [0.15, 0.2) is 59.8 Å². The molecular formula is C28H31N7O2S. The Balaban J connectivity index is 1.09. The number of pyridine rings is 1. The topological polar surface area (TPSA) is 103 Å². The van der Waals surface area contributed by atoms with Crippen molar-refractivity contribution in [2.45, 2.75) is 19.4 Å². The van der Waals surface area contributed by atoms with Crippen LogP contribution >= 0.6 is 11.8 Å². The maximum Gasteiger partial charge on any atom is 0.290 e. The Bertz CT molecular complexity index is 1340. The number of hydrogen-bond donors (Lipinski definition) is 2. The predicted molar refractivity (Wildman–Crippen MR) is 152 cm³/mol. The fraction of sp³-hybridized carbons (Fsp3) is 0.321. The average Bonchev–Trinajstić information content (AvgIpc) is 3.25. The second-order valence-corrected chi connectivity index (χ2v) is 10.7. The minimum Gasteiger partial charge on any atom is -0.378 e. The molecule has 2 aliphatic rings. The lowest BCUT2D eigenvalue weighted by Crippen LogP contribution is -2.38. The molecule has 2 saturated heterocycles. The number of carbonyl (C=O) groups excluding carboxylic acids is 2. The van der Waals surface area contributed by atoms with E-state index in [2.05, 4.69) is 71.8 Å². The molecule has 4 heterocycles. The summed E-state index contributed by atoms with van der Waals surface area (Å²) in [5, 5.41) is 5.50. The second kappa shape index (κ2) is 11.7. The molecule has 0 saturated carbocycles. The molecule has 196 valence electrons. The highest BCUT2D eigenvalue weighted by atomic mass is 32.2. The zero-order chi connectivity index (χ0) is 26.5. The SMILES string of the molecule is CN(C)c1cccc(-c2ccc(CNCC3CCN(c4nccc(C=C5SC(=O)NC5=O)n4)CC3)cn2)c1. The highest BCUT2D eigenvalue weighted by Gasteiger charge is 2.25. The molecule has 2 aromatic heterocycles. The van der Waals surface area contributed by atoms with Crippen molar-refractivity contribution in [3.8, 4) is 11.3 Å². The van der Waals surface area contributed by atoms with Gasteiger partial charge in [0.25, 0.3) is 11.1 Å². The molecule has 0 aliphatic carbocycles. The number of thioether (sulfide) groups is 1. The Labute approximate surface area is 226 Å². The van der Waals surface area contributed by atoms with Gasteiger partial charge in [0.15, 0.2) is 0 Å². The van der Waals surface area contributed by atoms with Crippen molar-refractivity contribution in [3.63, 3.8) is 0 Å². The fourth-order valence-corrected chi connectivity index (χ4v) is 5.22. The Morgan fingerprint density at radius 3 is 2.68 bits per heavy atom. The predicted octanol–water partition coefficient (Wildman–Crippen LogP) is 3.93. The van der Waals surface area contributed by atoms with E-state index in [-0.39, 0.29) is 11.1 Å². The number of aromatic nitrogens is 3. The first-order chi connectivity index (χ1) is 18.4. The van der Waals surface area contributed by atoms with Gasteiger partial charge in [0.05, 0.1) is 16.3 Å². The van der Waals surface area contributed by atoms with Crippen molar-refractivity contribution >= 4 is 40.6 Å². The van der Waals surface area contributed by atoms with E-state index in [1.807, 2.05) is 20.3 Å². The zero-order valence-electron chi connectivity index (χ0n) is 21.6. The van der Waals surface area contributed by atoms with E-state index in [1.165, 1.54) is 5.56 Å². The summed E-state index contributed by atoms with van der Waals surface area (Å²) in [7, 11) is 4.08. The maximum absolute atomic E-state index is 11.8. The lowest BCUT2D eigenvalue weighted by Gasteiger charge is -2.32.